The Morgan fingerprint density at radius 3 is 2.47 bits per heavy atom. The summed E-state index contributed by atoms with van der Waals surface area (Å²) in [7, 11) is 2.05. The summed E-state index contributed by atoms with van der Waals surface area (Å²) >= 11 is 9.39. The summed E-state index contributed by atoms with van der Waals surface area (Å²) in [5, 5.41) is 0.760. The smallest absolute Gasteiger partial charge is 0.129 e. The van der Waals surface area contributed by atoms with E-state index in [9.17, 15) is 0 Å². The molecule has 1 aromatic heterocycles. The van der Waals surface area contributed by atoms with Gasteiger partial charge in [0.25, 0.3) is 0 Å². The molecule has 19 heavy (non-hydrogen) atoms. The van der Waals surface area contributed by atoms with Crippen LogP contribution < -0.4 is 4.90 Å². The Morgan fingerprint density at radius 1 is 1.26 bits per heavy atom. The lowest BCUT2D eigenvalue weighted by Gasteiger charge is -2.26. The van der Waals surface area contributed by atoms with Gasteiger partial charge in [-0.3, -0.25) is 0 Å². The van der Waals surface area contributed by atoms with Gasteiger partial charge in [0.05, 0.1) is 6.04 Å². The molecule has 0 spiro atoms. The molecule has 2 aromatic rings. The third-order valence-corrected chi connectivity index (χ3v) is 4.41. The molecule has 1 unspecified atom stereocenters. The van der Waals surface area contributed by atoms with E-state index < -0.39 is 0 Å². The Bertz CT molecular complexity index is 569. The molecule has 0 aliphatic carbocycles. The molecule has 0 N–H and O–H groups in total. The fourth-order valence-electron chi connectivity index (χ4n) is 1.88. The summed E-state index contributed by atoms with van der Waals surface area (Å²) in [6.07, 6.45) is 1.84. The molecule has 100 valence electrons. The normalized spacial score (nSPS) is 12.3. The van der Waals surface area contributed by atoms with E-state index in [4.69, 9.17) is 11.6 Å². The Hall–Kier alpha value is -1.06. The van der Waals surface area contributed by atoms with Gasteiger partial charge in [0.1, 0.15) is 5.82 Å². The second kappa shape index (κ2) is 5.93. The Labute approximate surface area is 127 Å². The number of halogens is 2. The summed E-state index contributed by atoms with van der Waals surface area (Å²) in [5.74, 6) is 0.961. The van der Waals surface area contributed by atoms with Crippen LogP contribution in [-0.4, -0.2) is 12.0 Å². The maximum atomic E-state index is 5.92. The number of hydrogen-bond donors (Lipinski definition) is 0. The van der Waals surface area contributed by atoms with E-state index in [1.807, 2.05) is 18.3 Å². The predicted molar refractivity (Wildman–Crippen MR) is 84.9 cm³/mol. The Kier molecular flexibility index (Phi) is 4.48. The highest BCUT2D eigenvalue weighted by Crippen LogP contribution is 2.27. The second-order valence-corrected chi connectivity index (χ2v) is 5.92. The fraction of sp³-hybridized carbons (Fsp3) is 0.267. The first-order valence-corrected chi connectivity index (χ1v) is 7.26. The first-order valence-electron chi connectivity index (χ1n) is 6.09. The Balaban J connectivity index is 2.25. The lowest BCUT2D eigenvalue weighted by molar-refractivity contribution is 0.728. The quantitative estimate of drug-likeness (QED) is 0.782. The Morgan fingerprint density at radius 2 is 1.89 bits per heavy atom. The molecule has 2 nitrogen and oxygen atoms in total. The number of aryl methyl sites for hydroxylation is 1. The molecule has 0 aliphatic rings. The molecule has 1 aromatic carbocycles. The first-order chi connectivity index (χ1) is 8.99. The molecule has 0 bridgehead atoms. The van der Waals surface area contributed by atoms with Crippen molar-refractivity contribution in [2.75, 3.05) is 11.9 Å². The standard InChI is InChI=1S/C15H16BrClN2/c1-10-8-15(18-9-14(10)16)19(3)11(2)12-4-6-13(17)7-5-12/h4-9,11H,1-3H3. The SMILES string of the molecule is Cc1cc(N(C)C(C)c2ccc(Cl)cc2)ncc1Br. The molecule has 0 radical (unpaired) electrons. The number of hydrogen-bond acceptors (Lipinski definition) is 2. The number of rotatable bonds is 3. The summed E-state index contributed by atoms with van der Waals surface area (Å²) in [6, 6.07) is 10.3. The van der Waals surface area contributed by atoms with Gasteiger partial charge in [0.2, 0.25) is 0 Å². The third kappa shape index (κ3) is 3.28. The maximum Gasteiger partial charge on any atom is 0.129 e. The van der Waals surface area contributed by atoms with Gasteiger partial charge < -0.3 is 4.90 Å². The lowest BCUT2D eigenvalue weighted by atomic mass is 10.1. The highest BCUT2D eigenvalue weighted by Gasteiger charge is 2.13. The van der Waals surface area contributed by atoms with E-state index in [2.05, 4.69) is 64.9 Å². The molecule has 0 saturated heterocycles. The average Bonchev–Trinajstić information content (AvgIpc) is 2.41. The van der Waals surface area contributed by atoms with Crippen molar-refractivity contribution in [3.05, 3.63) is 57.2 Å². The summed E-state index contributed by atoms with van der Waals surface area (Å²) in [5.41, 5.74) is 2.40. The van der Waals surface area contributed by atoms with Crippen molar-refractivity contribution in [2.45, 2.75) is 19.9 Å². The van der Waals surface area contributed by atoms with Crippen molar-refractivity contribution in [1.82, 2.24) is 4.98 Å². The summed E-state index contributed by atoms with van der Waals surface area (Å²) in [4.78, 5) is 6.61. The van der Waals surface area contributed by atoms with Gasteiger partial charge in [-0.15, -0.1) is 0 Å². The van der Waals surface area contributed by atoms with Crippen LogP contribution in [0.25, 0.3) is 0 Å². The van der Waals surface area contributed by atoms with Gasteiger partial charge in [0.15, 0.2) is 0 Å². The van der Waals surface area contributed by atoms with Crippen molar-refractivity contribution in [3.8, 4) is 0 Å². The van der Waals surface area contributed by atoms with Crippen molar-refractivity contribution in [1.29, 1.82) is 0 Å². The number of pyridine rings is 1. The van der Waals surface area contributed by atoms with Crippen molar-refractivity contribution in [3.63, 3.8) is 0 Å². The van der Waals surface area contributed by atoms with Gasteiger partial charge in [-0.05, 0) is 59.1 Å². The predicted octanol–water partition coefficient (Wildman–Crippen LogP) is 5.00. The maximum absolute atomic E-state index is 5.92. The van der Waals surface area contributed by atoms with Crippen molar-refractivity contribution < 1.29 is 0 Å². The highest BCUT2D eigenvalue weighted by molar-refractivity contribution is 9.10. The van der Waals surface area contributed by atoms with E-state index in [-0.39, 0.29) is 6.04 Å². The van der Waals surface area contributed by atoms with E-state index >= 15 is 0 Å². The zero-order valence-corrected chi connectivity index (χ0v) is 13.5. The number of anilines is 1. The topological polar surface area (TPSA) is 16.1 Å². The molecule has 1 heterocycles. The van der Waals surface area contributed by atoms with Gasteiger partial charge in [-0.25, -0.2) is 4.98 Å². The molecular formula is C15H16BrClN2. The molecule has 4 heteroatoms. The average molecular weight is 340 g/mol. The molecule has 2 rings (SSSR count). The minimum absolute atomic E-state index is 0.241. The number of aromatic nitrogens is 1. The summed E-state index contributed by atoms with van der Waals surface area (Å²) in [6.45, 7) is 4.22. The van der Waals surface area contributed by atoms with Crippen LogP contribution in [-0.2, 0) is 0 Å². The monoisotopic (exact) mass is 338 g/mol. The molecule has 1 atom stereocenters. The van der Waals surface area contributed by atoms with Gasteiger partial charge >= 0.3 is 0 Å². The zero-order chi connectivity index (χ0) is 14.0. The third-order valence-electron chi connectivity index (χ3n) is 3.33. The van der Waals surface area contributed by atoms with Crippen LogP contribution in [0.2, 0.25) is 5.02 Å². The van der Waals surface area contributed by atoms with Crippen LogP contribution in [0.15, 0.2) is 41.0 Å². The highest BCUT2D eigenvalue weighted by atomic mass is 79.9. The fourth-order valence-corrected chi connectivity index (χ4v) is 2.22. The van der Waals surface area contributed by atoms with Gasteiger partial charge in [-0.2, -0.15) is 0 Å². The largest absolute Gasteiger partial charge is 0.353 e. The zero-order valence-electron chi connectivity index (χ0n) is 11.2. The second-order valence-electron chi connectivity index (χ2n) is 4.63. The van der Waals surface area contributed by atoms with Crippen LogP contribution >= 0.6 is 27.5 Å². The van der Waals surface area contributed by atoms with Crippen LogP contribution in [0.4, 0.5) is 5.82 Å². The van der Waals surface area contributed by atoms with Crippen LogP contribution in [0.3, 0.4) is 0 Å². The summed E-state index contributed by atoms with van der Waals surface area (Å²) < 4.78 is 1.03. The van der Waals surface area contributed by atoms with Crippen LogP contribution in [0, 0.1) is 6.92 Å². The molecular weight excluding hydrogens is 324 g/mol. The van der Waals surface area contributed by atoms with Crippen molar-refractivity contribution in [2.24, 2.45) is 0 Å². The van der Waals surface area contributed by atoms with Gasteiger partial charge in [-0.1, -0.05) is 23.7 Å². The first kappa shape index (κ1) is 14.4. The molecule has 0 aliphatic heterocycles. The van der Waals surface area contributed by atoms with Gasteiger partial charge in [0, 0.05) is 22.7 Å². The molecule has 0 fully saturated rings. The number of benzene rings is 1. The van der Waals surface area contributed by atoms with E-state index in [0.717, 1.165) is 15.3 Å². The minimum Gasteiger partial charge on any atom is -0.353 e. The molecule has 0 amide bonds. The number of nitrogens with zero attached hydrogens (tertiary/aromatic N) is 2. The van der Waals surface area contributed by atoms with Crippen molar-refractivity contribution >= 4 is 33.3 Å². The van der Waals surface area contributed by atoms with Crippen LogP contribution in [0.1, 0.15) is 24.1 Å². The van der Waals surface area contributed by atoms with E-state index in [1.165, 1.54) is 11.1 Å². The van der Waals surface area contributed by atoms with Crippen LogP contribution in [0.5, 0.6) is 0 Å². The minimum atomic E-state index is 0.241. The lowest BCUT2D eigenvalue weighted by Crippen LogP contribution is -2.22. The van der Waals surface area contributed by atoms with E-state index in [1.54, 1.807) is 0 Å². The van der Waals surface area contributed by atoms with E-state index in [0.29, 0.717) is 0 Å². The molecule has 0 saturated carbocycles.